The van der Waals surface area contributed by atoms with Crippen LogP contribution in [0.5, 0.6) is 0 Å². The number of hydrogen-bond donors (Lipinski definition) is 0. The largest absolute Gasteiger partial charge is 0.433 e. The second-order valence-corrected chi connectivity index (χ2v) is 5.57. The molecule has 0 amide bonds. The van der Waals surface area contributed by atoms with Crippen molar-refractivity contribution in [2.45, 2.75) is 12.4 Å². The number of rotatable bonds is 1. The highest BCUT2D eigenvalue weighted by atomic mass is 35.5. The van der Waals surface area contributed by atoms with E-state index in [4.69, 9.17) is 34.8 Å². The molecule has 10 heteroatoms. The van der Waals surface area contributed by atoms with Crippen LogP contribution in [0.1, 0.15) is 11.4 Å². The highest BCUT2D eigenvalue weighted by molar-refractivity contribution is 6.48. The van der Waals surface area contributed by atoms with Crippen LogP contribution in [0.3, 0.4) is 0 Å². The Morgan fingerprint density at radius 3 is 1.35 bits per heavy atom. The maximum absolute atomic E-state index is 12.8. The number of halogens is 9. The van der Waals surface area contributed by atoms with Crippen LogP contribution in [-0.4, -0.2) is 4.98 Å². The molecule has 0 bridgehead atoms. The summed E-state index contributed by atoms with van der Waals surface area (Å²) in [5.41, 5.74) is -3.79. The van der Waals surface area contributed by atoms with Crippen molar-refractivity contribution in [1.82, 2.24) is 4.98 Å². The van der Waals surface area contributed by atoms with Gasteiger partial charge in [-0.25, -0.2) is 4.98 Å². The Kier molecular flexibility index (Phi) is 4.76. The number of hydrogen-bond acceptors (Lipinski definition) is 1. The number of pyridine rings is 1. The third-order valence-corrected chi connectivity index (χ3v) is 3.92. The lowest BCUT2D eigenvalue weighted by Crippen LogP contribution is -2.15. The fourth-order valence-corrected chi connectivity index (χ4v) is 2.31. The van der Waals surface area contributed by atoms with Crippen LogP contribution >= 0.6 is 34.8 Å². The predicted molar refractivity (Wildman–Crippen MR) is 74.7 cm³/mol. The third kappa shape index (κ3) is 4.02. The Bertz CT molecular complexity index is 699. The maximum atomic E-state index is 12.8. The Labute approximate surface area is 140 Å². The molecule has 1 nitrogen and oxygen atoms in total. The van der Waals surface area contributed by atoms with Gasteiger partial charge in [0.25, 0.3) is 0 Å². The molecular formula is C13H4Cl3F6N. The Morgan fingerprint density at radius 1 is 0.652 bits per heavy atom. The lowest BCUT2D eigenvalue weighted by Gasteiger charge is -2.14. The zero-order valence-corrected chi connectivity index (χ0v) is 12.9. The van der Waals surface area contributed by atoms with Gasteiger partial charge >= 0.3 is 12.4 Å². The predicted octanol–water partition coefficient (Wildman–Crippen LogP) is 6.75. The molecule has 2 aromatic rings. The van der Waals surface area contributed by atoms with Gasteiger partial charge in [0.15, 0.2) is 0 Å². The van der Waals surface area contributed by atoms with Crippen molar-refractivity contribution in [3.8, 4) is 11.1 Å². The molecule has 1 aromatic heterocycles. The van der Waals surface area contributed by atoms with Gasteiger partial charge in [0.05, 0.1) is 15.1 Å². The molecule has 0 atom stereocenters. The molecule has 0 fully saturated rings. The van der Waals surface area contributed by atoms with Crippen LogP contribution in [0.25, 0.3) is 11.1 Å². The molecule has 0 unspecified atom stereocenters. The summed E-state index contributed by atoms with van der Waals surface area (Å²) in [7, 11) is 0. The number of alkyl halides is 6. The first-order chi connectivity index (χ1) is 10.4. The molecule has 0 saturated heterocycles. The van der Waals surface area contributed by atoms with Gasteiger partial charge in [-0.1, -0.05) is 34.8 Å². The molecule has 0 aliphatic carbocycles. The van der Waals surface area contributed by atoms with E-state index < -0.39 is 23.7 Å². The lowest BCUT2D eigenvalue weighted by atomic mass is 10.0. The molecule has 0 radical (unpaired) electrons. The van der Waals surface area contributed by atoms with Gasteiger partial charge in [-0.2, -0.15) is 26.3 Å². The average Bonchev–Trinajstić information content (AvgIpc) is 2.41. The van der Waals surface area contributed by atoms with E-state index in [2.05, 4.69) is 4.98 Å². The topological polar surface area (TPSA) is 12.9 Å². The second-order valence-electron chi connectivity index (χ2n) is 4.38. The minimum Gasteiger partial charge on any atom is -0.239 e. The third-order valence-electron chi connectivity index (χ3n) is 2.72. The van der Waals surface area contributed by atoms with E-state index in [1.165, 1.54) is 0 Å². The van der Waals surface area contributed by atoms with Crippen molar-refractivity contribution in [2.24, 2.45) is 0 Å². The standard InChI is InChI=1S/C13H4Cl3F6N/c14-7-1-5(2-8(15)11(7)16)6-3-9(12(17,18)19)23-10(4-6)13(20,21)22/h1-4H. The summed E-state index contributed by atoms with van der Waals surface area (Å²) < 4.78 is 76.6. The number of nitrogens with zero attached hydrogens (tertiary/aromatic N) is 1. The number of benzene rings is 1. The van der Waals surface area contributed by atoms with E-state index in [1.807, 2.05) is 0 Å². The van der Waals surface area contributed by atoms with Gasteiger partial charge in [0.2, 0.25) is 0 Å². The van der Waals surface area contributed by atoms with Gasteiger partial charge in [-0.15, -0.1) is 0 Å². The van der Waals surface area contributed by atoms with E-state index in [0.717, 1.165) is 12.1 Å². The summed E-state index contributed by atoms with van der Waals surface area (Å²) in [6.45, 7) is 0. The highest BCUT2D eigenvalue weighted by Crippen LogP contribution is 2.39. The zero-order valence-electron chi connectivity index (χ0n) is 10.7. The Morgan fingerprint density at radius 2 is 1.00 bits per heavy atom. The van der Waals surface area contributed by atoms with E-state index in [-0.39, 0.29) is 26.2 Å². The van der Waals surface area contributed by atoms with Crippen molar-refractivity contribution >= 4 is 34.8 Å². The minimum absolute atomic E-state index is 0.0530. The zero-order chi connectivity index (χ0) is 17.6. The summed E-state index contributed by atoms with van der Waals surface area (Å²) >= 11 is 17.2. The van der Waals surface area contributed by atoms with Crippen LogP contribution in [0.4, 0.5) is 26.3 Å². The maximum Gasteiger partial charge on any atom is 0.433 e. The molecule has 1 aromatic carbocycles. The summed E-state index contributed by atoms with van der Waals surface area (Å²) in [6, 6.07) is 3.19. The molecule has 0 spiro atoms. The second kappa shape index (κ2) is 6.03. The first kappa shape index (κ1) is 18.2. The Hall–Kier alpha value is -1.18. The summed E-state index contributed by atoms with van der Waals surface area (Å²) in [6.07, 6.45) is -10.1. The molecule has 0 aliphatic rings. The molecule has 124 valence electrons. The summed E-state index contributed by atoms with van der Waals surface area (Å²) in [5.74, 6) is 0. The quantitative estimate of drug-likeness (QED) is 0.385. The number of aromatic nitrogens is 1. The van der Waals surface area contributed by atoms with E-state index in [9.17, 15) is 26.3 Å². The monoisotopic (exact) mass is 393 g/mol. The average molecular weight is 395 g/mol. The van der Waals surface area contributed by atoms with Gasteiger partial charge in [-0.3, -0.25) is 0 Å². The van der Waals surface area contributed by atoms with Crippen LogP contribution in [-0.2, 0) is 12.4 Å². The summed E-state index contributed by atoms with van der Waals surface area (Å²) in [4.78, 5) is 2.62. The highest BCUT2D eigenvalue weighted by Gasteiger charge is 2.39. The van der Waals surface area contributed by atoms with Crippen molar-refractivity contribution in [2.75, 3.05) is 0 Å². The molecule has 0 N–H and O–H groups in total. The molecule has 0 aliphatic heterocycles. The van der Waals surface area contributed by atoms with E-state index in [0.29, 0.717) is 12.1 Å². The minimum atomic E-state index is -5.05. The van der Waals surface area contributed by atoms with Crippen LogP contribution < -0.4 is 0 Å². The van der Waals surface area contributed by atoms with Crippen molar-refractivity contribution < 1.29 is 26.3 Å². The normalized spacial score (nSPS) is 12.6. The Balaban J connectivity index is 2.72. The molecule has 1 heterocycles. The van der Waals surface area contributed by atoms with Crippen LogP contribution in [0, 0.1) is 0 Å². The fourth-order valence-electron chi connectivity index (χ4n) is 1.71. The smallest absolute Gasteiger partial charge is 0.239 e. The molecule has 0 saturated carbocycles. The van der Waals surface area contributed by atoms with Crippen molar-refractivity contribution in [1.29, 1.82) is 0 Å². The van der Waals surface area contributed by atoms with Gasteiger partial charge in [-0.05, 0) is 35.4 Å². The fraction of sp³-hybridized carbons (Fsp3) is 0.154. The van der Waals surface area contributed by atoms with Crippen LogP contribution in [0.15, 0.2) is 24.3 Å². The molecule has 2 rings (SSSR count). The van der Waals surface area contributed by atoms with E-state index in [1.54, 1.807) is 0 Å². The molecular weight excluding hydrogens is 390 g/mol. The lowest BCUT2D eigenvalue weighted by molar-refractivity contribution is -0.150. The van der Waals surface area contributed by atoms with E-state index >= 15 is 0 Å². The van der Waals surface area contributed by atoms with Gasteiger partial charge < -0.3 is 0 Å². The van der Waals surface area contributed by atoms with Crippen molar-refractivity contribution in [3.05, 3.63) is 50.7 Å². The van der Waals surface area contributed by atoms with Crippen LogP contribution in [0.2, 0.25) is 15.1 Å². The first-order valence-corrected chi connectivity index (χ1v) is 6.84. The first-order valence-electron chi connectivity index (χ1n) is 5.71. The van der Waals surface area contributed by atoms with Crippen molar-refractivity contribution in [3.63, 3.8) is 0 Å². The van der Waals surface area contributed by atoms with Gasteiger partial charge in [0, 0.05) is 0 Å². The molecule has 23 heavy (non-hydrogen) atoms. The van der Waals surface area contributed by atoms with Gasteiger partial charge in [0.1, 0.15) is 11.4 Å². The summed E-state index contributed by atoms with van der Waals surface area (Å²) in [5, 5.41) is -0.264. The SMILES string of the molecule is FC(F)(F)c1cc(-c2cc(Cl)c(Cl)c(Cl)c2)cc(C(F)(F)F)n1.